The molecule has 2 heterocycles. The first-order valence-corrected chi connectivity index (χ1v) is 8.88. The number of hydrazone groups is 1. The van der Waals surface area contributed by atoms with Crippen molar-refractivity contribution in [3.8, 4) is 0 Å². The summed E-state index contributed by atoms with van der Waals surface area (Å²) in [5.74, 6) is 0.853. The number of benzene rings is 1. The number of thiophene rings is 1. The normalized spacial score (nSPS) is 17.7. The molecule has 0 amide bonds. The number of hydrogen-bond acceptors (Lipinski definition) is 5. The molecule has 2 aliphatic carbocycles. The summed E-state index contributed by atoms with van der Waals surface area (Å²) in [6.07, 6.45) is 7.26. The number of anilines is 1. The molecule has 3 aromatic rings. The average molecular weight is 320 g/mol. The summed E-state index contributed by atoms with van der Waals surface area (Å²) in [5, 5.41) is 5.85. The molecule has 0 saturated heterocycles. The highest BCUT2D eigenvalue weighted by Crippen LogP contribution is 2.39. The molecule has 23 heavy (non-hydrogen) atoms. The zero-order valence-electron chi connectivity index (χ0n) is 12.7. The number of hydrogen-bond donors (Lipinski definition) is 1. The van der Waals surface area contributed by atoms with E-state index >= 15 is 0 Å². The highest BCUT2D eigenvalue weighted by atomic mass is 32.1. The summed E-state index contributed by atoms with van der Waals surface area (Å²) in [7, 11) is 0. The molecule has 0 fully saturated rings. The Bertz CT molecular complexity index is 941. The van der Waals surface area contributed by atoms with Crippen LogP contribution < -0.4 is 5.43 Å². The first-order valence-electron chi connectivity index (χ1n) is 8.06. The van der Waals surface area contributed by atoms with E-state index in [-0.39, 0.29) is 0 Å². The van der Waals surface area contributed by atoms with Crippen LogP contribution in [0.4, 0.5) is 5.82 Å². The number of aryl methyl sites for hydroxylation is 3. The van der Waals surface area contributed by atoms with E-state index in [1.54, 1.807) is 6.33 Å². The Morgan fingerprint density at radius 2 is 2.00 bits per heavy atom. The van der Waals surface area contributed by atoms with E-state index in [0.717, 1.165) is 35.6 Å². The molecule has 0 bridgehead atoms. The van der Waals surface area contributed by atoms with Crippen LogP contribution in [-0.4, -0.2) is 15.7 Å². The minimum absolute atomic E-state index is 0.853. The van der Waals surface area contributed by atoms with Gasteiger partial charge in [0.05, 0.1) is 11.1 Å². The van der Waals surface area contributed by atoms with Crippen molar-refractivity contribution in [2.24, 2.45) is 5.10 Å². The van der Waals surface area contributed by atoms with Gasteiger partial charge in [-0.3, -0.25) is 5.43 Å². The SMILES string of the molecule is c1ccc2c(c1)CCC2=NNc1ncnc2sc3c(c12)CCC3. The molecule has 2 aromatic heterocycles. The second-order valence-electron chi connectivity index (χ2n) is 6.09. The fourth-order valence-corrected chi connectivity index (χ4v) is 4.89. The van der Waals surface area contributed by atoms with E-state index in [0.29, 0.717) is 0 Å². The van der Waals surface area contributed by atoms with Gasteiger partial charge in [0.15, 0.2) is 5.82 Å². The lowest BCUT2D eigenvalue weighted by Gasteiger charge is -2.05. The third-order valence-corrected chi connectivity index (χ3v) is 5.96. The van der Waals surface area contributed by atoms with Crippen LogP contribution in [0.2, 0.25) is 0 Å². The molecule has 0 radical (unpaired) electrons. The topological polar surface area (TPSA) is 50.2 Å². The monoisotopic (exact) mass is 320 g/mol. The van der Waals surface area contributed by atoms with Gasteiger partial charge in [-0.25, -0.2) is 9.97 Å². The Balaban J connectivity index is 1.55. The molecule has 0 atom stereocenters. The summed E-state index contributed by atoms with van der Waals surface area (Å²) >= 11 is 1.81. The Hall–Kier alpha value is -2.27. The second-order valence-corrected chi connectivity index (χ2v) is 7.17. The number of nitrogens with one attached hydrogen (secondary N) is 1. The van der Waals surface area contributed by atoms with Crippen molar-refractivity contribution in [1.29, 1.82) is 0 Å². The molecular weight excluding hydrogens is 304 g/mol. The van der Waals surface area contributed by atoms with Crippen LogP contribution in [-0.2, 0) is 19.3 Å². The molecule has 114 valence electrons. The van der Waals surface area contributed by atoms with Gasteiger partial charge in [0.25, 0.3) is 0 Å². The predicted octanol–water partition coefficient (Wildman–Crippen LogP) is 3.94. The van der Waals surface area contributed by atoms with Gasteiger partial charge >= 0.3 is 0 Å². The van der Waals surface area contributed by atoms with Crippen LogP contribution in [0, 0.1) is 0 Å². The van der Waals surface area contributed by atoms with Crippen LogP contribution in [0.1, 0.15) is 34.4 Å². The Morgan fingerprint density at radius 1 is 1.04 bits per heavy atom. The summed E-state index contributed by atoms with van der Waals surface area (Å²) in [4.78, 5) is 11.4. The molecular formula is C18H16N4S. The molecule has 0 unspecified atom stereocenters. The summed E-state index contributed by atoms with van der Waals surface area (Å²) in [5.41, 5.74) is 8.44. The molecule has 5 rings (SSSR count). The van der Waals surface area contributed by atoms with E-state index in [2.05, 4.69) is 44.8 Å². The van der Waals surface area contributed by atoms with Crippen LogP contribution >= 0.6 is 11.3 Å². The third-order valence-electron chi connectivity index (χ3n) is 4.76. The smallest absolute Gasteiger partial charge is 0.158 e. The van der Waals surface area contributed by atoms with Crippen molar-refractivity contribution < 1.29 is 0 Å². The van der Waals surface area contributed by atoms with Crippen molar-refractivity contribution in [1.82, 2.24) is 9.97 Å². The summed E-state index contributed by atoms with van der Waals surface area (Å²) in [6.45, 7) is 0. The lowest BCUT2D eigenvalue weighted by atomic mass is 10.1. The number of fused-ring (bicyclic) bond motifs is 4. The van der Waals surface area contributed by atoms with Gasteiger partial charge < -0.3 is 0 Å². The predicted molar refractivity (Wildman–Crippen MR) is 94.4 cm³/mol. The van der Waals surface area contributed by atoms with Gasteiger partial charge in [-0.2, -0.15) is 5.10 Å². The fraction of sp³-hybridized carbons (Fsp3) is 0.278. The number of nitrogens with zero attached hydrogens (tertiary/aromatic N) is 3. The van der Waals surface area contributed by atoms with Gasteiger partial charge in [0.2, 0.25) is 0 Å². The van der Waals surface area contributed by atoms with E-state index in [1.807, 2.05) is 11.3 Å². The quantitative estimate of drug-likeness (QED) is 0.728. The van der Waals surface area contributed by atoms with E-state index < -0.39 is 0 Å². The Morgan fingerprint density at radius 3 is 3.00 bits per heavy atom. The molecule has 0 saturated carbocycles. The van der Waals surface area contributed by atoms with Crippen molar-refractivity contribution in [2.75, 3.05) is 5.43 Å². The Kier molecular flexibility index (Phi) is 2.94. The number of aromatic nitrogens is 2. The maximum Gasteiger partial charge on any atom is 0.158 e. The van der Waals surface area contributed by atoms with Crippen molar-refractivity contribution in [3.63, 3.8) is 0 Å². The minimum Gasteiger partial charge on any atom is -0.260 e. The van der Waals surface area contributed by atoms with Crippen LogP contribution in [0.25, 0.3) is 10.2 Å². The van der Waals surface area contributed by atoms with E-state index in [9.17, 15) is 0 Å². The lowest BCUT2D eigenvalue weighted by molar-refractivity contribution is 0.917. The number of rotatable bonds is 2. The van der Waals surface area contributed by atoms with Crippen molar-refractivity contribution in [2.45, 2.75) is 32.1 Å². The maximum atomic E-state index is 4.67. The standard InChI is InChI=1S/C18H16N4S/c1-2-5-12-11(4-1)8-9-14(12)21-22-17-16-13-6-3-7-15(13)23-18(16)20-10-19-17/h1-2,4-5,10H,3,6-9H2,(H,19,20,22). The maximum absolute atomic E-state index is 4.67. The van der Waals surface area contributed by atoms with Crippen LogP contribution in [0.15, 0.2) is 35.7 Å². The summed E-state index contributed by atoms with van der Waals surface area (Å²) < 4.78 is 0. The summed E-state index contributed by atoms with van der Waals surface area (Å²) in [6, 6.07) is 8.51. The highest BCUT2D eigenvalue weighted by Gasteiger charge is 2.21. The van der Waals surface area contributed by atoms with Gasteiger partial charge in [-0.1, -0.05) is 24.3 Å². The molecule has 0 aliphatic heterocycles. The molecule has 5 heteroatoms. The molecule has 1 aromatic carbocycles. The molecule has 1 N–H and O–H groups in total. The average Bonchev–Trinajstić information content (AvgIpc) is 3.26. The van der Waals surface area contributed by atoms with Gasteiger partial charge in [0, 0.05) is 10.4 Å². The van der Waals surface area contributed by atoms with E-state index in [1.165, 1.54) is 39.8 Å². The van der Waals surface area contributed by atoms with Crippen LogP contribution in [0.3, 0.4) is 0 Å². The lowest BCUT2D eigenvalue weighted by Crippen LogP contribution is -2.02. The van der Waals surface area contributed by atoms with Gasteiger partial charge in [0.1, 0.15) is 11.2 Å². The zero-order valence-corrected chi connectivity index (χ0v) is 13.5. The first kappa shape index (κ1) is 13.2. The Labute approximate surface area is 138 Å². The van der Waals surface area contributed by atoms with E-state index in [4.69, 9.17) is 0 Å². The molecule has 0 spiro atoms. The first-order chi connectivity index (χ1) is 11.4. The van der Waals surface area contributed by atoms with Gasteiger partial charge in [-0.05, 0) is 43.2 Å². The largest absolute Gasteiger partial charge is 0.260 e. The third kappa shape index (κ3) is 2.07. The molecule has 2 aliphatic rings. The minimum atomic E-state index is 0.853. The van der Waals surface area contributed by atoms with Crippen molar-refractivity contribution >= 4 is 33.1 Å². The fourth-order valence-electron chi connectivity index (χ4n) is 3.66. The second kappa shape index (κ2) is 5.13. The van der Waals surface area contributed by atoms with Gasteiger partial charge in [-0.15, -0.1) is 11.3 Å². The van der Waals surface area contributed by atoms with Crippen LogP contribution in [0.5, 0.6) is 0 Å². The van der Waals surface area contributed by atoms with Crippen molar-refractivity contribution in [3.05, 3.63) is 52.2 Å². The molecule has 4 nitrogen and oxygen atoms in total. The zero-order chi connectivity index (χ0) is 15.2. The highest BCUT2D eigenvalue weighted by molar-refractivity contribution is 7.19.